The van der Waals surface area contributed by atoms with Crippen molar-refractivity contribution in [2.24, 2.45) is 0 Å². The first-order chi connectivity index (χ1) is 8.22. The van der Waals surface area contributed by atoms with E-state index in [1.165, 1.54) is 5.69 Å². The lowest BCUT2D eigenvalue weighted by Crippen LogP contribution is -2.36. The maximum atomic E-state index is 5.21. The lowest BCUT2D eigenvalue weighted by molar-refractivity contribution is 0.182. The number of hydrogen-bond acceptors (Lipinski definition) is 4. The van der Waals surface area contributed by atoms with Crippen LogP contribution in [0, 0.1) is 0 Å². The largest absolute Gasteiger partial charge is 0.383 e. The molecule has 0 amide bonds. The standard InChI is InChI=1S/C13H23N3O/c1-5-14-13-9-12(7-8-15-13)16(6-2)11(3)10-17-4/h7-9,11H,5-6,10H2,1-4H3,(H,14,15). The molecule has 0 saturated carbocycles. The fraction of sp³-hybridized carbons (Fsp3) is 0.615. The van der Waals surface area contributed by atoms with Gasteiger partial charge < -0.3 is 15.0 Å². The molecule has 0 aliphatic carbocycles. The number of anilines is 2. The van der Waals surface area contributed by atoms with Crippen LogP contribution >= 0.6 is 0 Å². The van der Waals surface area contributed by atoms with Crippen LogP contribution in [0.25, 0.3) is 0 Å². The van der Waals surface area contributed by atoms with E-state index in [4.69, 9.17) is 4.74 Å². The van der Waals surface area contributed by atoms with Gasteiger partial charge in [0.1, 0.15) is 5.82 Å². The van der Waals surface area contributed by atoms with Crippen molar-refractivity contribution in [1.82, 2.24) is 4.98 Å². The molecule has 1 aromatic heterocycles. The molecule has 1 rings (SSSR count). The van der Waals surface area contributed by atoms with E-state index in [2.05, 4.69) is 42.0 Å². The summed E-state index contributed by atoms with van der Waals surface area (Å²) < 4.78 is 5.21. The van der Waals surface area contributed by atoms with Crippen LogP contribution in [0.2, 0.25) is 0 Å². The molecule has 1 atom stereocenters. The summed E-state index contributed by atoms with van der Waals surface area (Å²) in [6.07, 6.45) is 1.84. The van der Waals surface area contributed by atoms with Gasteiger partial charge in [0.25, 0.3) is 0 Å². The first-order valence-corrected chi connectivity index (χ1v) is 6.18. The molecule has 4 heteroatoms. The molecule has 1 heterocycles. The number of hydrogen-bond donors (Lipinski definition) is 1. The van der Waals surface area contributed by atoms with Gasteiger partial charge in [0.05, 0.1) is 6.61 Å². The molecule has 1 aromatic rings. The molecule has 0 aliphatic heterocycles. The number of pyridine rings is 1. The molecule has 0 aliphatic rings. The highest BCUT2D eigenvalue weighted by molar-refractivity contribution is 5.54. The molecule has 0 spiro atoms. The summed E-state index contributed by atoms with van der Waals surface area (Å²) in [5, 5.41) is 3.23. The Morgan fingerprint density at radius 3 is 2.82 bits per heavy atom. The highest BCUT2D eigenvalue weighted by Gasteiger charge is 2.12. The highest BCUT2D eigenvalue weighted by atomic mass is 16.5. The Morgan fingerprint density at radius 1 is 1.47 bits per heavy atom. The van der Waals surface area contributed by atoms with Gasteiger partial charge in [-0.3, -0.25) is 0 Å². The number of ether oxygens (including phenoxy) is 1. The van der Waals surface area contributed by atoms with Crippen LogP contribution in [0.5, 0.6) is 0 Å². The predicted octanol–water partition coefficient (Wildman–Crippen LogP) is 2.37. The summed E-state index contributed by atoms with van der Waals surface area (Å²) >= 11 is 0. The molecule has 0 saturated heterocycles. The van der Waals surface area contributed by atoms with Gasteiger partial charge in [0.15, 0.2) is 0 Å². The number of rotatable bonds is 7. The smallest absolute Gasteiger partial charge is 0.127 e. The third-order valence-corrected chi connectivity index (χ3v) is 2.71. The van der Waals surface area contributed by atoms with Gasteiger partial charge in [-0.25, -0.2) is 4.98 Å². The van der Waals surface area contributed by atoms with Crippen LogP contribution in [0.4, 0.5) is 11.5 Å². The molecule has 4 nitrogen and oxygen atoms in total. The number of methoxy groups -OCH3 is 1. The van der Waals surface area contributed by atoms with Crippen LogP contribution in [-0.4, -0.2) is 37.8 Å². The van der Waals surface area contributed by atoms with Crippen molar-refractivity contribution in [3.05, 3.63) is 18.3 Å². The van der Waals surface area contributed by atoms with Gasteiger partial charge >= 0.3 is 0 Å². The third-order valence-electron chi connectivity index (χ3n) is 2.71. The van der Waals surface area contributed by atoms with Gasteiger partial charge in [-0.05, 0) is 26.8 Å². The third kappa shape index (κ3) is 3.89. The maximum absolute atomic E-state index is 5.21. The summed E-state index contributed by atoms with van der Waals surface area (Å²) in [6.45, 7) is 8.96. The maximum Gasteiger partial charge on any atom is 0.127 e. The number of aromatic nitrogens is 1. The summed E-state index contributed by atoms with van der Waals surface area (Å²) in [5.41, 5.74) is 1.18. The number of nitrogens with zero attached hydrogens (tertiary/aromatic N) is 2. The Labute approximate surface area is 104 Å². The zero-order valence-electron chi connectivity index (χ0n) is 11.2. The predicted molar refractivity (Wildman–Crippen MR) is 72.8 cm³/mol. The summed E-state index contributed by atoms with van der Waals surface area (Å²) in [6, 6.07) is 4.48. The Morgan fingerprint density at radius 2 is 2.24 bits per heavy atom. The van der Waals surface area contributed by atoms with Gasteiger partial charge in [-0.1, -0.05) is 0 Å². The van der Waals surface area contributed by atoms with Gasteiger partial charge in [0, 0.05) is 44.2 Å². The topological polar surface area (TPSA) is 37.4 Å². The molecule has 0 fully saturated rings. The Hall–Kier alpha value is -1.29. The second kappa shape index (κ2) is 7.12. The van der Waals surface area contributed by atoms with Crippen molar-refractivity contribution >= 4 is 11.5 Å². The quantitative estimate of drug-likeness (QED) is 0.790. The molecule has 1 unspecified atom stereocenters. The SMILES string of the molecule is CCNc1cc(N(CC)C(C)COC)ccn1. The second-order valence-corrected chi connectivity index (χ2v) is 4.02. The number of likely N-dealkylation sites (N-methyl/N-ethyl adjacent to an activating group) is 1. The Kier molecular flexibility index (Phi) is 5.77. The fourth-order valence-electron chi connectivity index (χ4n) is 1.96. The summed E-state index contributed by atoms with van der Waals surface area (Å²) in [7, 11) is 1.74. The molecule has 1 N–H and O–H groups in total. The minimum Gasteiger partial charge on any atom is -0.383 e. The minimum absolute atomic E-state index is 0.363. The fourth-order valence-corrected chi connectivity index (χ4v) is 1.96. The van der Waals surface area contributed by atoms with E-state index in [1.54, 1.807) is 7.11 Å². The van der Waals surface area contributed by atoms with Crippen molar-refractivity contribution in [1.29, 1.82) is 0 Å². The zero-order valence-corrected chi connectivity index (χ0v) is 11.2. The van der Waals surface area contributed by atoms with Crippen LogP contribution < -0.4 is 10.2 Å². The van der Waals surface area contributed by atoms with E-state index in [0.29, 0.717) is 6.04 Å². The highest BCUT2D eigenvalue weighted by Crippen LogP contribution is 2.19. The van der Waals surface area contributed by atoms with Crippen molar-refractivity contribution in [2.75, 3.05) is 37.0 Å². The normalized spacial score (nSPS) is 12.2. The first kappa shape index (κ1) is 13.8. The monoisotopic (exact) mass is 237 g/mol. The van der Waals surface area contributed by atoms with Crippen molar-refractivity contribution < 1.29 is 4.74 Å². The van der Waals surface area contributed by atoms with Crippen molar-refractivity contribution in [3.63, 3.8) is 0 Å². The molecule has 0 radical (unpaired) electrons. The van der Waals surface area contributed by atoms with E-state index < -0.39 is 0 Å². The van der Waals surface area contributed by atoms with E-state index in [1.807, 2.05) is 12.3 Å². The van der Waals surface area contributed by atoms with Crippen LogP contribution in [0.15, 0.2) is 18.3 Å². The minimum atomic E-state index is 0.363. The van der Waals surface area contributed by atoms with E-state index in [-0.39, 0.29) is 0 Å². The van der Waals surface area contributed by atoms with Crippen molar-refractivity contribution in [3.8, 4) is 0 Å². The summed E-state index contributed by atoms with van der Waals surface area (Å²) in [4.78, 5) is 6.59. The molecule has 96 valence electrons. The Bertz CT molecular complexity index is 330. The molecule has 17 heavy (non-hydrogen) atoms. The van der Waals surface area contributed by atoms with Gasteiger partial charge in [0.2, 0.25) is 0 Å². The number of nitrogens with one attached hydrogen (secondary N) is 1. The first-order valence-electron chi connectivity index (χ1n) is 6.18. The van der Waals surface area contributed by atoms with Crippen LogP contribution in [0.1, 0.15) is 20.8 Å². The van der Waals surface area contributed by atoms with E-state index in [9.17, 15) is 0 Å². The zero-order chi connectivity index (χ0) is 12.7. The molecule has 0 aromatic carbocycles. The van der Waals surface area contributed by atoms with E-state index in [0.717, 1.165) is 25.5 Å². The van der Waals surface area contributed by atoms with Crippen LogP contribution in [0.3, 0.4) is 0 Å². The van der Waals surface area contributed by atoms with E-state index >= 15 is 0 Å². The lowest BCUT2D eigenvalue weighted by Gasteiger charge is -2.29. The molecular formula is C13H23N3O. The average molecular weight is 237 g/mol. The molecule has 0 bridgehead atoms. The van der Waals surface area contributed by atoms with Gasteiger partial charge in [-0.15, -0.1) is 0 Å². The lowest BCUT2D eigenvalue weighted by atomic mass is 10.2. The Balaban J connectivity index is 2.83. The average Bonchev–Trinajstić information content (AvgIpc) is 2.31. The summed E-state index contributed by atoms with van der Waals surface area (Å²) in [5.74, 6) is 0.924. The van der Waals surface area contributed by atoms with Crippen LogP contribution in [-0.2, 0) is 4.74 Å². The molecular weight excluding hydrogens is 214 g/mol. The second-order valence-electron chi connectivity index (χ2n) is 4.02. The van der Waals surface area contributed by atoms with Gasteiger partial charge in [-0.2, -0.15) is 0 Å². The van der Waals surface area contributed by atoms with Crippen molar-refractivity contribution in [2.45, 2.75) is 26.8 Å².